The summed E-state index contributed by atoms with van der Waals surface area (Å²) in [6.07, 6.45) is 1.06. The lowest BCUT2D eigenvalue weighted by Gasteiger charge is -2.27. The minimum atomic E-state index is -3.38. The van der Waals surface area contributed by atoms with Crippen LogP contribution in [0.15, 0.2) is 6.07 Å². The van der Waals surface area contributed by atoms with Crippen molar-refractivity contribution < 1.29 is 17.9 Å². The van der Waals surface area contributed by atoms with Crippen molar-refractivity contribution >= 4 is 21.9 Å². The normalized spacial score (nSPS) is 15.6. The highest BCUT2D eigenvalue weighted by molar-refractivity contribution is 7.88. The maximum Gasteiger partial charge on any atom is 0.235 e. The Balaban J connectivity index is 1.97. The molecule has 2 rings (SSSR count). The zero-order chi connectivity index (χ0) is 17.7. The number of sulfonamides is 1. The number of aryl methyl sites for hydroxylation is 1. The second-order valence-corrected chi connectivity index (χ2v) is 7.79. The van der Waals surface area contributed by atoms with E-state index in [2.05, 4.69) is 15.3 Å². The summed E-state index contributed by atoms with van der Waals surface area (Å²) in [4.78, 5) is 22.8. The fourth-order valence-electron chi connectivity index (χ4n) is 2.18. The summed E-state index contributed by atoms with van der Waals surface area (Å²) in [5.41, 5.74) is 1.49. The van der Waals surface area contributed by atoms with Gasteiger partial charge in [-0.15, -0.1) is 0 Å². The summed E-state index contributed by atoms with van der Waals surface area (Å²) in [7, 11) is -2.02. The summed E-state index contributed by atoms with van der Waals surface area (Å²) >= 11 is 0. The van der Waals surface area contributed by atoms with Crippen molar-refractivity contribution in [3.05, 3.63) is 17.5 Å². The molecule has 0 atom stereocenters. The first-order valence-corrected chi connectivity index (χ1v) is 9.46. The van der Waals surface area contributed by atoms with Crippen molar-refractivity contribution in [1.82, 2.24) is 19.6 Å². The molecule has 0 bridgehead atoms. The average Bonchev–Trinajstić information content (AvgIpc) is 2.52. The van der Waals surface area contributed by atoms with Crippen LogP contribution in [0.2, 0.25) is 0 Å². The van der Waals surface area contributed by atoms with Gasteiger partial charge in [-0.2, -0.15) is 4.31 Å². The largest absolute Gasteiger partial charge is 0.378 e. The Bertz CT molecular complexity index is 688. The third-order valence-electron chi connectivity index (χ3n) is 3.59. The van der Waals surface area contributed by atoms with Gasteiger partial charge in [0.15, 0.2) is 0 Å². The van der Waals surface area contributed by atoms with Crippen molar-refractivity contribution in [2.24, 2.45) is 0 Å². The molecule has 1 aromatic rings. The van der Waals surface area contributed by atoms with Crippen LogP contribution in [-0.2, 0) is 26.1 Å². The Labute approximate surface area is 142 Å². The van der Waals surface area contributed by atoms with Gasteiger partial charge >= 0.3 is 0 Å². The number of rotatable bonds is 6. The summed E-state index contributed by atoms with van der Waals surface area (Å²) in [5.74, 6) is 0.239. The monoisotopic (exact) mass is 357 g/mol. The first kappa shape index (κ1) is 18.6. The summed E-state index contributed by atoms with van der Waals surface area (Å²) < 4.78 is 28.9. The molecule has 1 aromatic heterocycles. The number of aromatic nitrogens is 2. The summed E-state index contributed by atoms with van der Waals surface area (Å²) in [6.45, 7) is 4.61. The SMILES string of the molecule is Cc1cc(CNC(=O)CN(C)S(C)(=O)=O)nc(N2CCOCC2)n1. The van der Waals surface area contributed by atoms with Crippen LogP contribution in [0.3, 0.4) is 0 Å². The highest BCUT2D eigenvalue weighted by Gasteiger charge is 2.17. The maximum absolute atomic E-state index is 11.9. The van der Waals surface area contributed by atoms with Crippen molar-refractivity contribution in [3.8, 4) is 0 Å². The number of morpholine rings is 1. The third kappa shape index (κ3) is 5.39. The zero-order valence-electron chi connectivity index (χ0n) is 14.2. The Morgan fingerprint density at radius 3 is 2.67 bits per heavy atom. The molecule has 0 aromatic carbocycles. The number of ether oxygens (including phenoxy) is 1. The lowest BCUT2D eigenvalue weighted by atomic mass is 10.3. The Morgan fingerprint density at radius 2 is 2.04 bits per heavy atom. The number of anilines is 1. The minimum Gasteiger partial charge on any atom is -0.378 e. The number of amides is 1. The van der Waals surface area contributed by atoms with Crippen LogP contribution >= 0.6 is 0 Å². The van der Waals surface area contributed by atoms with Crippen molar-refractivity contribution in [2.45, 2.75) is 13.5 Å². The van der Waals surface area contributed by atoms with Crippen molar-refractivity contribution in [1.29, 1.82) is 0 Å². The molecule has 0 aliphatic carbocycles. The molecule has 2 heterocycles. The Morgan fingerprint density at radius 1 is 1.38 bits per heavy atom. The fraction of sp³-hybridized carbons (Fsp3) is 0.643. The van der Waals surface area contributed by atoms with Crippen LogP contribution in [0.4, 0.5) is 5.95 Å². The standard InChI is InChI=1S/C14H23N5O4S/c1-11-8-12(9-15-13(20)10-18(2)24(3,21)22)17-14(16-11)19-4-6-23-7-5-19/h8H,4-7,9-10H2,1-3H3,(H,15,20). The molecule has 0 spiro atoms. The summed E-state index contributed by atoms with van der Waals surface area (Å²) in [6, 6.07) is 1.80. The lowest BCUT2D eigenvalue weighted by Crippen LogP contribution is -2.38. The van der Waals surface area contributed by atoms with Gasteiger partial charge < -0.3 is 15.0 Å². The van der Waals surface area contributed by atoms with E-state index < -0.39 is 10.0 Å². The lowest BCUT2D eigenvalue weighted by molar-refractivity contribution is -0.121. The van der Waals surface area contributed by atoms with Gasteiger partial charge in [0, 0.05) is 25.8 Å². The van der Waals surface area contributed by atoms with Gasteiger partial charge in [0.1, 0.15) is 0 Å². The molecule has 1 saturated heterocycles. The quantitative estimate of drug-likeness (QED) is 0.705. The molecule has 0 saturated carbocycles. The third-order valence-corrected chi connectivity index (χ3v) is 4.85. The van der Waals surface area contributed by atoms with Gasteiger partial charge in [0.05, 0.1) is 38.3 Å². The topological polar surface area (TPSA) is 105 Å². The van der Waals surface area contributed by atoms with Crippen LogP contribution in [0, 0.1) is 6.92 Å². The number of carbonyl (C=O) groups is 1. The first-order chi connectivity index (χ1) is 11.3. The molecule has 24 heavy (non-hydrogen) atoms. The molecule has 1 aliphatic rings. The second kappa shape index (κ2) is 7.86. The van der Waals surface area contributed by atoms with E-state index in [9.17, 15) is 13.2 Å². The number of hydrogen-bond acceptors (Lipinski definition) is 7. The van der Waals surface area contributed by atoms with Gasteiger partial charge in [-0.3, -0.25) is 4.79 Å². The van der Waals surface area contributed by atoms with E-state index in [1.165, 1.54) is 7.05 Å². The highest BCUT2D eigenvalue weighted by atomic mass is 32.2. The molecule has 10 heteroatoms. The molecule has 1 amide bonds. The van der Waals surface area contributed by atoms with Crippen LogP contribution in [0.25, 0.3) is 0 Å². The van der Waals surface area contributed by atoms with Gasteiger partial charge in [0.2, 0.25) is 21.9 Å². The highest BCUT2D eigenvalue weighted by Crippen LogP contribution is 2.12. The number of hydrogen-bond donors (Lipinski definition) is 1. The predicted molar refractivity (Wildman–Crippen MR) is 89.1 cm³/mol. The van der Waals surface area contributed by atoms with Crippen LogP contribution in [0.5, 0.6) is 0 Å². The van der Waals surface area contributed by atoms with Crippen LogP contribution in [0.1, 0.15) is 11.4 Å². The molecule has 134 valence electrons. The Hall–Kier alpha value is -1.78. The van der Waals surface area contributed by atoms with Gasteiger partial charge in [-0.05, 0) is 13.0 Å². The molecular formula is C14H23N5O4S. The van der Waals surface area contributed by atoms with E-state index in [-0.39, 0.29) is 19.0 Å². The number of likely N-dealkylation sites (N-methyl/N-ethyl adjacent to an activating group) is 1. The van der Waals surface area contributed by atoms with E-state index >= 15 is 0 Å². The molecular weight excluding hydrogens is 334 g/mol. The van der Waals surface area contributed by atoms with Gasteiger partial charge in [-0.1, -0.05) is 0 Å². The van der Waals surface area contributed by atoms with E-state index in [1.54, 1.807) is 6.07 Å². The fourth-order valence-corrected chi connectivity index (χ4v) is 2.53. The van der Waals surface area contributed by atoms with Crippen molar-refractivity contribution in [3.63, 3.8) is 0 Å². The zero-order valence-corrected chi connectivity index (χ0v) is 15.0. The number of nitrogens with zero attached hydrogens (tertiary/aromatic N) is 4. The molecule has 0 unspecified atom stereocenters. The van der Waals surface area contributed by atoms with Gasteiger partial charge in [0.25, 0.3) is 0 Å². The molecule has 1 N–H and O–H groups in total. The maximum atomic E-state index is 11.9. The van der Waals surface area contributed by atoms with E-state index in [4.69, 9.17) is 4.74 Å². The van der Waals surface area contributed by atoms with E-state index in [1.807, 2.05) is 11.8 Å². The first-order valence-electron chi connectivity index (χ1n) is 7.61. The molecule has 1 fully saturated rings. The van der Waals surface area contributed by atoms with Gasteiger partial charge in [-0.25, -0.2) is 18.4 Å². The smallest absolute Gasteiger partial charge is 0.235 e. The molecule has 9 nitrogen and oxygen atoms in total. The molecule has 1 aliphatic heterocycles. The van der Waals surface area contributed by atoms with Crippen LogP contribution in [-0.4, -0.2) is 74.7 Å². The van der Waals surface area contributed by atoms with Crippen LogP contribution < -0.4 is 10.2 Å². The Kier molecular flexibility index (Phi) is 6.08. The predicted octanol–water partition coefficient (Wildman–Crippen LogP) is -0.871. The number of carbonyl (C=O) groups excluding carboxylic acids is 1. The molecule has 0 radical (unpaired) electrons. The minimum absolute atomic E-state index is 0.219. The van der Waals surface area contributed by atoms with E-state index in [0.717, 1.165) is 29.3 Å². The van der Waals surface area contributed by atoms with E-state index in [0.29, 0.717) is 24.9 Å². The average molecular weight is 357 g/mol. The number of nitrogens with one attached hydrogen (secondary N) is 1. The second-order valence-electron chi connectivity index (χ2n) is 5.70. The van der Waals surface area contributed by atoms with Crippen molar-refractivity contribution in [2.75, 3.05) is 51.1 Å². The summed E-state index contributed by atoms with van der Waals surface area (Å²) in [5, 5.41) is 2.68.